The third kappa shape index (κ3) is 5.45. The fourth-order valence-corrected chi connectivity index (χ4v) is 4.68. The van der Waals surface area contributed by atoms with Crippen LogP contribution in [-0.2, 0) is 22.4 Å². The summed E-state index contributed by atoms with van der Waals surface area (Å²) >= 11 is 6.64. The summed E-state index contributed by atoms with van der Waals surface area (Å²) in [5.41, 5.74) is 1.82. The summed E-state index contributed by atoms with van der Waals surface area (Å²) in [5.74, 6) is -0.958. The summed E-state index contributed by atoms with van der Waals surface area (Å²) in [5, 5.41) is 5.61. The van der Waals surface area contributed by atoms with Crippen molar-refractivity contribution in [1.82, 2.24) is 10.2 Å². The number of carbonyl (C=O) groups is 2. The van der Waals surface area contributed by atoms with Crippen molar-refractivity contribution in [3.05, 3.63) is 51.8 Å². The molecule has 3 rings (SSSR count). The van der Waals surface area contributed by atoms with Gasteiger partial charge >= 0.3 is 0 Å². The second kappa shape index (κ2) is 9.54. The molecule has 0 saturated heterocycles. The Bertz CT molecular complexity index is 878. The average molecular weight is 452 g/mol. The second-order valence-electron chi connectivity index (χ2n) is 8.00. The van der Waals surface area contributed by atoms with Crippen LogP contribution in [0.3, 0.4) is 0 Å². The molecule has 5 nitrogen and oxygen atoms in total. The molecule has 30 heavy (non-hydrogen) atoms. The minimum absolute atomic E-state index is 0.0694. The highest BCUT2D eigenvalue weighted by molar-refractivity contribution is 8.08. The summed E-state index contributed by atoms with van der Waals surface area (Å²) < 4.78 is 14.3. The van der Waals surface area contributed by atoms with E-state index in [0.717, 1.165) is 37.7 Å². The lowest BCUT2D eigenvalue weighted by Crippen LogP contribution is -2.55. The highest BCUT2D eigenvalue weighted by Gasteiger charge is 2.47. The van der Waals surface area contributed by atoms with Gasteiger partial charge in [-0.15, -0.1) is 0 Å². The molecule has 1 fully saturated rings. The molecule has 2 N–H and O–H groups in total. The number of thioether (sulfide) groups is 1. The first-order valence-electron chi connectivity index (χ1n) is 9.98. The molecule has 2 amide bonds. The predicted molar refractivity (Wildman–Crippen MR) is 121 cm³/mol. The Morgan fingerprint density at radius 2 is 1.97 bits per heavy atom. The van der Waals surface area contributed by atoms with Crippen molar-refractivity contribution >= 4 is 40.9 Å². The fourth-order valence-electron chi connectivity index (χ4n) is 3.99. The van der Waals surface area contributed by atoms with E-state index in [1.54, 1.807) is 0 Å². The zero-order valence-corrected chi connectivity index (χ0v) is 18.7. The van der Waals surface area contributed by atoms with Crippen molar-refractivity contribution in [1.29, 1.82) is 0 Å². The van der Waals surface area contributed by atoms with E-state index in [9.17, 15) is 14.0 Å². The maximum absolute atomic E-state index is 14.1. The molecule has 162 valence electrons. The molecule has 2 unspecified atom stereocenters. The third-order valence-corrected chi connectivity index (χ3v) is 6.60. The van der Waals surface area contributed by atoms with Gasteiger partial charge < -0.3 is 15.5 Å². The van der Waals surface area contributed by atoms with Gasteiger partial charge in [0.15, 0.2) is 0 Å². The topological polar surface area (TPSA) is 61.4 Å². The molecule has 1 saturated carbocycles. The lowest BCUT2D eigenvalue weighted by molar-refractivity contribution is -0.128. The van der Waals surface area contributed by atoms with E-state index < -0.39 is 23.5 Å². The van der Waals surface area contributed by atoms with Gasteiger partial charge in [-0.3, -0.25) is 9.59 Å². The van der Waals surface area contributed by atoms with Crippen molar-refractivity contribution in [3.63, 3.8) is 0 Å². The lowest BCUT2D eigenvalue weighted by Gasteiger charge is -2.29. The van der Waals surface area contributed by atoms with E-state index in [0.29, 0.717) is 5.69 Å². The van der Waals surface area contributed by atoms with Gasteiger partial charge in [0.25, 0.3) is 5.91 Å². The number of nitrogens with one attached hydrogen (secondary N) is 2. The summed E-state index contributed by atoms with van der Waals surface area (Å²) in [4.78, 5) is 28.1. The number of benzene rings is 1. The van der Waals surface area contributed by atoms with Crippen LogP contribution in [0.4, 0.5) is 10.1 Å². The predicted octanol–water partition coefficient (Wildman–Crippen LogP) is 3.99. The molecule has 2 aliphatic rings. The summed E-state index contributed by atoms with van der Waals surface area (Å²) in [6.07, 6.45) is 1.09. The molecular weight excluding hydrogens is 425 g/mol. The van der Waals surface area contributed by atoms with Crippen molar-refractivity contribution in [2.45, 2.75) is 43.8 Å². The maximum Gasteiger partial charge on any atom is 0.258 e. The van der Waals surface area contributed by atoms with Gasteiger partial charge in [0.05, 0.1) is 9.27 Å². The Balaban J connectivity index is 1.76. The van der Waals surface area contributed by atoms with Crippen molar-refractivity contribution in [2.75, 3.05) is 25.5 Å². The number of anilines is 1. The molecule has 0 spiro atoms. The van der Waals surface area contributed by atoms with Gasteiger partial charge in [-0.25, -0.2) is 4.39 Å². The molecule has 1 aromatic carbocycles. The second-order valence-corrected chi connectivity index (χ2v) is 9.87. The van der Waals surface area contributed by atoms with Gasteiger partial charge in [0, 0.05) is 25.2 Å². The summed E-state index contributed by atoms with van der Waals surface area (Å²) in [7, 11) is 2.10. The average Bonchev–Trinajstić information content (AvgIpc) is 2.96. The van der Waals surface area contributed by atoms with Crippen LogP contribution in [0.15, 0.2) is 40.6 Å². The summed E-state index contributed by atoms with van der Waals surface area (Å²) in [6, 6.07) is 5.88. The van der Waals surface area contributed by atoms with E-state index in [2.05, 4.69) is 35.7 Å². The molecule has 1 aromatic rings. The van der Waals surface area contributed by atoms with Crippen LogP contribution in [0, 0.1) is 0 Å². The number of carbonyl (C=O) groups excluding carboxylic acids is 2. The summed E-state index contributed by atoms with van der Waals surface area (Å²) in [6.45, 7) is 9.15. The first-order valence-corrected chi connectivity index (χ1v) is 11.2. The molecule has 1 aliphatic carbocycles. The number of nitrogens with zero attached hydrogens (tertiary/aromatic N) is 1. The van der Waals surface area contributed by atoms with Crippen LogP contribution < -0.4 is 10.6 Å². The number of halogens is 2. The number of rotatable bonds is 6. The molecule has 1 aliphatic heterocycles. The Hall–Kier alpha value is -1.83. The number of amides is 2. The number of hydrogen-bond donors (Lipinski definition) is 2. The van der Waals surface area contributed by atoms with Crippen molar-refractivity contribution in [3.8, 4) is 0 Å². The molecule has 2 atom stereocenters. The van der Waals surface area contributed by atoms with Crippen LogP contribution in [-0.4, -0.2) is 48.6 Å². The largest absolute Gasteiger partial charge is 0.337 e. The maximum atomic E-state index is 14.1. The Labute approximate surface area is 186 Å². The lowest BCUT2D eigenvalue weighted by atomic mass is 9.95. The van der Waals surface area contributed by atoms with Gasteiger partial charge in [-0.1, -0.05) is 42.6 Å². The third-order valence-electron chi connectivity index (χ3n) is 5.72. The van der Waals surface area contributed by atoms with E-state index in [-0.39, 0.29) is 28.5 Å². The quantitative estimate of drug-likeness (QED) is 0.642. The van der Waals surface area contributed by atoms with E-state index in [4.69, 9.17) is 11.6 Å². The molecule has 1 heterocycles. The molecule has 8 heteroatoms. The normalized spacial score (nSPS) is 23.9. The molecular formula is C22H27ClFN3O2S. The van der Waals surface area contributed by atoms with Gasteiger partial charge in [0.2, 0.25) is 5.91 Å². The Kier molecular flexibility index (Phi) is 7.26. The van der Waals surface area contributed by atoms with Crippen LogP contribution >= 0.6 is 23.4 Å². The minimum Gasteiger partial charge on any atom is -0.337 e. The van der Waals surface area contributed by atoms with Crippen LogP contribution in [0.1, 0.15) is 30.4 Å². The molecule has 0 bridgehead atoms. The van der Waals surface area contributed by atoms with Crippen LogP contribution in [0.5, 0.6) is 0 Å². The zero-order chi connectivity index (χ0) is 21.9. The first kappa shape index (κ1) is 22.8. The van der Waals surface area contributed by atoms with Gasteiger partial charge in [-0.2, -0.15) is 0 Å². The number of fused-ring (bicyclic) bond motifs is 1. The van der Waals surface area contributed by atoms with Gasteiger partial charge in [-0.05, 0) is 56.0 Å². The standard InChI is InChI=1S/C22H27ClFN3O2S/c1-14(30-15(2)23)20(28)26-22(9-6-18(24)13-22)21(29)25-19-5-4-16-7-10-27(3)11-8-17(16)12-19/h4-5,12,18H,1-2,6-11,13H2,3H3,(H,25,29)(H,26,28). The Morgan fingerprint density at radius 1 is 1.27 bits per heavy atom. The fraction of sp³-hybridized carbons (Fsp3) is 0.455. The van der Waals surface area contributed by atoms with E-state index >= 15 is 0 Å². The van der Waals surface area contributed by atoms with Crippen LogP contribution in [0.25, 0.3) is 0 Å². The van der Waals surface area contributed by atoms with Crippen molar-refractivity contribution < 1.29 is 14.0 Å². The Morgan fingerprint density at radius 3 is 2.60 bits per heavy atom. The zero-order valence-electron chi connectivity index (χ0n) is 17.1. The molecule has 0 aromatic heterocycles. The number of alkyl halides is 1. The van der Waals surface area contributed by atoms with Crippen molar-refractivity contribution in [2.24, 2.45) is 0 Å². The smallest absolute Gasteiger partial charge is 0.258 e. The minimum atomic E-state index is -1.32. The highest BCUT2D eigenvalue weighted by Crippen LogP contribution is 2.35. The van der Waals surface area contributed by atoms with Crippen LogP contribution in [0.2, 0.25) is 0 Å². The number of hydrogen-bond acceptors (Lipinski definition) is 4. The highest BCUT2D eigenvalue weighted by atomic mass is 35.5. The SMILES string of the molecule is C=C(Cl)SC(=C)C(=O)NC1(C(=O)Nc2ccc3c(c2)CCN(C)CC3)CCC(F)C1. The number of likely N-dealkylation sites (N-methyl/N-ethyl adjacent to an activating group) is 1. The monoisotopic (exact) mass is 451 g/mol. The molecule has 0 radical (unpaired) electrons. The van der Waals surface area contributed by atoms with Gasteiger partial charge in [0.1, 0.15) is 11.7 Å². The van der Waals surface area contributed by atoms with E-state index in [1.807, 2.05) is 18.2 Å². The first-order chi connectivity index (χ1) is 14.2. The van der Waals surface area contributed by atoms with E-state index in [1.165, 1.54) is 11.1 Å².